The molecule has 8 nitrogen and oxygen atoms in total. The summed E-state index contributed by atoms with van der Waals surface area (Å²) in [6, 6.07) is 18.9. The van der Waals surface area contributed by atoms with E-state index < -0.39 is 5.91 Å². The van der Waals surface area contributed by atoms with Crippen LogP contribution < -0.4 is 14.2 Å². The Morgan fingerprint density at radius 2 is 1.86 bits per heavy atom. The monoisotopic (exact) mass is 666 g/mol. The van der Waals surface area contributed by atoms with Crippen LogP contribution in [0.5, 0.6) is 17.2 Å². The van der Waals surface area contributed by atoms with Crippen molar-refractivity contribution in [1.82, 2.24) is 5.01 Å². The number of halogens is 2. The topological polar surface area (TPSA) is 96.6 Å². The third-order valence-electron chi connectivity index (χ3n) is 6.78. The average molecular weight is 668 g/mol. The molecular formula is C31H28BrClN4O4S. The molecule has 3 aromatic rings. The smallest absolute Gasteiger partial charge is 0.283 e. The molecule has 11 heteroatoms. The van der Waals surface area contributed by atoms with Crippen LogP contribution in [0.25, 0.3) is 6.08 Å². The number of ether oxygens (including phenoxy) is 3. The number of rotatable bonds is 10. The lowest BCUT2D eigenvalue weighted by Gasteiger charge is -2.20. The second-order valence-corrected chi connectivity index (χ2v) is 11.7. The van der Waals surface area contributed by atoms with Crippen LogP contribution in [-0.2, 0) is 4.79 Å². The first kappa shape index (κ1) is 29.9. The average Bonchev–Trinajstić information content (AvgIpc) is 3.42. The molecule has 0 radical (unpaired) electrons. The second-order valence-electron chi connectivity index (χ2n) is 9.51. The van der Waals surface area contributed by atoms with Crippen molar-refractivity contribution in [3.63, 3.8) is 0 Å². The van der Waals surface area contributed by atoms with Crippen molar-refractivity contribution in [3.8, 4) is 17.2 Å². The van der Waals surface area contributed by atoms with Gasteiger partial charge in [0.25, 0.3) is 5.91 Å². The molecule has 0 aliphatic carbocycles. The maximum atomic E-state index is 12.9. The van der Waals surface area contributed by atoms with E-state index in [0.29, 0.717) is 61.5 Å². The lowest BCUT2D eigenvalue weighted by Crippen LogP contribution is -2.35. The summed E-state index contributed by atoms with van der Waals surface area (Å²) >= 11 is 11.1. The predicted molar refractivity (Wildman–Crippen MR) is 172 cm³/mol. The Bertz CT molecular complexity index is 1620. The summed E-state index contributed by atoms with van der Waals surface area (Å²) in [5.41, 5.74) is 2.72. The van der Waals surface area contributed by atoms with E-state index in [1.54, 1.807) is 24.3 Å². The van der Waals surface area contributed by atoms with Crippen LogP contribution >= 0.6 is 39.3 Å². The Morgan fingerprint density at radius 3 is 2.57 bits per heavy atom. The molecule has 0 fully saturated rings. The van der Waals surface area contributed by atoms with E-state index in [-0.39, 0.29) is 11.4 Å². The number of methoxy groups -OCH3 is 1. The molecule has 2 aliphatic rings. The Balaban J connectivity index is 1.28. The lowest BCUT2D eigenvalue weighted by molar-refractivity contribution is -0.114. The van der Waals surface area contributed by atoms with Gasteiger partial charge in [-0.15, -0.1) is 0 Å². The zero-order valence-corrected chi connectivity index (χ0v) is 26.3. The molecule has 0 saturated carbocycles. The van der Waals surface area contributed by atoms with Crippen LogP contribution in [-0.4, -0.2) is 47.3 Å². The van der Waals surface area contributed by atoms with Crippen molar-refractivity contribution >= 4 is 67.3 Å². The highest BCUT2D eigenvalue weighted by molar-refractivity contribution is 9.10. The van der Waals surface area contributed by atoms with Gasteiger partial charge in [-0.2, -0.15) is 15.1 Å². The molecule has 1 amide bonds. The number of nitrogens with one attached hydrogen (secondary N) is 1. The van der Waals surface area contributed by atoms with Gasteiger partial charge in [-0.25, -0.2) is 0 Å². The molecule has 216 valence electrons. The van der Waals surface area contributed by atoms with E-state index in [2.05, 4.69) is 52.0 Å². The molecule has 5 rings (SSSR count). The number of nitrogens with zero attached hydrogens (tertiary/aromatic N) is 3. The first-order valence-corrected chi connectivity index (χ1v) is 15.3. The number of thioether (sulfide) groups is 1. The fourth-order valence-electron chi connectivity index (χ4n) is 4.30. The third-order valence-corrected chi connectivity index (χ3v) is 8.64. The van der Waals surface area contributed by atoms with Gasteiger partial charge >= 0.3 is 0 Å². The molecule has 2 aliphatic heterocycles. The van der Waals surface area contributed by atoms with Crippen LogP contribution in [0.15, 0.2) is 80.8 Å². The van der Waals surface area contributed by atoms with Crippen molar-refractivity contribution in [2.24, 2.45) is 10.1 Å². The van der Waals surface area contributed by atoms with E-state index in [0.717, 1.165) is 12.2 Å². The minimum Gasteiger partial charge on any atom is -0.493 e. The van der Waals surface area contributed by atoms with E-state index in [4.69, 9.17) is 31.2 Å². The molecule has 0 saturated heterocycles. The second kappa shape index (κ2) is 13.1. The molecule has 42 heavy (non-hydrogen) atoms. The quantitative estimate of drug-likeness (QED) is 0.176. The third kappa shape index (κ3) is 6.40. The fourth-order valence-corrected chi connectivity index (χ4v) is 6.08. The summed E-state index contributed by atoms with van der Waals surface area (Å²) in [7, 11) is 1.54. The van der Waals surface area contributed by atoms with Crippen molar-refractivity contribution in [1.29, 1.82) is 5.41 Å². The number of benzene rings is 3. The van der Waals surface area contributed by atoms with Gasteiger partial charge in [-0.05, 0) is 87.6 Å². The van der Waals surface area contributed by atoms with Crippen molar-refractivity contribution in [2.45, 2.75) is 26.2 Å². The van der Waals surface area contributed by atoms with Crippen LogP contribution in [0.3, 0.4) is 0 Å². The number of amidine groups is 2. The van der Waals surface area contributed by atoms with E-state index in [1.807, 2.05) is 30.3 Å². The van der Waals surface area contributed by atoms with Gasteiger partial charge < -0.3 is 14.2 Å². The number of hydrazone groups is 1. The summed E-state index contributed by atoms with van der Waals surface area (Å²) in [5, 5.41) is 16.0. The first-order valence-electron chi connectivity index (χ1n) is 13.3. The van der Waals surface area contributed by atoms with Crippen molar-refractivity contribution in [3.05, 3.63) is 92.4 Å². The largest absolute Gasteiger partial charge is 0.493 e. The summed E-state index contributed by atoms with van der Waals surface area (Å²) in [6.07, 6.45) is 2.67. The summed E-state index contributed by atoms with van der Waals surface area (Å²) in [5.74, 6) is 1.65. The lowest BCUT2D eigenvalue weighted by atomic mass is 9.99. The molecule has 0 bridgehead atoms. The number of hydrogen-bond donors (Lipinski definition) is 1. The Labute approximate surface area is 262 Å². The standard InChI is InChI=1S/C31H28BrClN4O4S/c1-4-18(2)20-9-11-21(12-10-20)40-13-14-41-27-24(32)16-19(17-26(27)39-3)15-23-28(34)37-31(35-29(23)38)42-30(36-37)22-7-5-6-8-25(22)33/h5-12,15-18,34H,4,13-14H2,1-3H3/b23-15-,34-28?. The summed E-state index contributed by atoms with van der Waals surface area (Å²) in [4.78, 5) is 17.1. The summed E-state index contributed by atoms with van der Waals surface area (Å²) < 4.78 is 18.0. The predicted octanol–water partition coefficient (Wildman–Crippen LogP) is 7.75. The van der Waals surface area contributed by atoms with Gasteiger partial charge in [0.15, 0.2) is 17.3 Å². The van der Waals surface area contributed by atoms with Crippen LogP contribution in [0, 0.1) is 5.41 Å². The highest BCUT2D eigenvalue weighted by Crippen LogP contribution is 2.38. The van der Waals surface area contributed by atoms with Crippen molar-refractivity contribution < 1.29 is 19.0 Å². The molecule has 1 unspecified atom stereocenters. The Kier molecular flexibility index (Phi) is 9.35. The number of carbonyl (C=O) groups is 1. The van der Waals surface area contributed by atoms with Crippen LogP contribution in [0.1, 0.15) is 42.9 Å². The van der Waals surface area contributed by atoms with Crippen LogP contribution in [0.4, 0.5) is 0 Å². The maximum absolute atomic E-state index is 12.9. The highest BCUT2D eigenvalue weighted by Gasteiger charge is 2.36. The molecule has 3 aromatic carbocycles. The number of hydrogen-bond acceptors (Lipinski definition) is 7. The van der Waals surface area contributed by atoms with Gasteiger partial charge in [0.1, 0.15) is 24.0 Å². The maximum Gasteiger partial charge on any atom is 0.283 e. The minimum atomic E-state index is -0.529. The van der Waals surface area contributed by atoms with Crippen molar-refractivity contribution in [2.75, 3.05) is 20.3 Å². The van der Waals surface area contributed by atoms with E-state index in [1.165, 1.54) is 29.4 Å². The molecule has 1 atom stereocenters. The fraction of sp³-hybridized carbons (Fsp3) is 0.226. The number of carbonyl (C=O) groups excluding carboxylic acids is 1. The van der Waals surface area contributed by atoms with Gasteiger partial charge in [0.05, 0.1) is 22.2 Å². The molecule has 2 heterocycles. The first-order chi connectivity index (χ1) is 20.3. The normalized spacial score (nSPS) is 16.2. The Morgan fingerprint density at radius 1 is 1.12 bits per heavy atom. The van der Waals surface area contributed by atoms with E-state index >= 15 is 0 Å². The van der Waals surface area contributed by atoms with Gasteiger partial charge in [-0.1, -0.05) is 55.8 Å². The number of fused-ring (bicyclic) bond motifs is 1. The number of amides is 1. The summed E-state index contributed by atoms with van der Waals surface area (Å²) in [6.45, 7) is 5.02. The van der Waals surface area contributed by atoms with E-state index in [9.17, 15) is 4.79 Å². The van der Waals surface area contributed by atoms with Gasteiger partial charge in [-0.3, -0.25) is 10.2 Å². The minimum absolute atomic E-state index is 0.0793. The zero-order chi connectivity index (χ0) is 29.8. The Hall–Kier alpha value is -3.60. The molecular weight excluding hydrogens is 640 g/mol. The molecule has 1 N–H and O–H groups in total. The van der Waals surface area contributed by atoms with Gasteiger partial charge in [0, 0.05) is 5.56 Å². The zero-order valence-electron chi connectivity index (χ0n) is 23.2. The molecule has 0 aromatic heterocycles. The molecule has 0 spiro atoms. The highest BCUT2D eigenvalue weighted by atomic mass is 79.9. The van der Waals surface area contributed by atoms with Gasteiger partial charge in [0.2, 0.25) is 5.17 Å². The number of aliphatic imine (C=N–C) groups is 1. The van der Waals surface area contributed by atoms with Crippen LogP contribution in [0.2, 0.25) is 5.02 Å². The SMILES string of the molecule is CCC(C)c1ccc(OCCOc2c(Br)cc(/C=C3/C(=N)N4N=C(c5ccccc5Cl)SC4=NC3=O)cc2OC)cc1.